The number of nitrogens with zero attached hydrogens (tertiary/aromatic N) is 3. The predicted octanol–water partition coefficient (Wildman–Crippen LogP) is 0.510. The predicted molar refractivity (Wildman–Crippen MR) is 84.4 cm³/mol. The number of hydrogen-bond donors (Lipinski definition) is 0. The summed E-state index contributed by atoms with van der Waals surface area (Å²) in [4.78, 5) is 4.44. The van der Waals surface area contributed by atoms with Crippen molar-refractivity contribution >= 4 is 17.6 Å². The van der Waals surface area contributed by atoms with Gasteiger partial charge in [-0.05, 0) is 29.8 Å². The van der Waals surface area contributed by atoms with Gasteiger partial charge in [0.25, 0.3) is 0 Å². The lowest BCUT2D eigenvalue weighted by Gasteiger charge is -2.23. The van der Waals surface area contributed by atoms with Crippen molar-refractivity contribution in [1.82, 2.24) is 4.48 Å². The van der Waals surface area contributed by atoms with Crippen molar-refractivity contribution in [2.45, 2.75) is 0 Å². The first-order valence-electron chi connectivity index (χ1n) is 6.45. The highest BCUT2D eigenvalue weighted by Crippen LogP contribution is 2.21. The minimum atomic E-state index is 0. The summed E-state index contributed by atoms with van der Waals surface area (Å²) < 4.78 is 0.791. The molecule has 3 nitrogen and oxygen atoms in total. The van der Waals surface area contributed by atoms with Crippen molar-refractivity contribution in [3.63, 3.8) is 0 Å². The molecule has 21 heavy (non-hydrogen) atoms. The summed E-state index contributed by atoms with van der Waals surface area (Å²) >= 11 is 0. The summed E-state index contributed by atoms with van der Waals surface area (Å²) in [5.41, 5.74) is 3.81. The zero-order valence-corrected chi connectivity index (χ0v) is 14.6. The van der Waals surface area contributed by atoms with E-state index in [1.54, 1.807) is 12.1 Å². The Morgan fingerprint density at radius 2 is 1.52 bits per heavy atom. The molecule has 2 aromatic carbocycles. The minimum absolute atomic E-state index is 0. The molecule has 4 heteroatoms. The maximum atomic E-state index is 8.74. The van der Waals surface area contributed by atoms with Gasteiger partial charge in [0.05, 0.1) is 38.5 Å². The van der Waals surface area contributed by atoms with Crippen LogP contribution in [0.1, 0.15) is 11.1 Å². The van der Waals surface area contributed by atoms with Gasteiger partial charge in [-0.25, -0.2) is 0 Å². The van der Waals surface area contributed by atoms with Crippen molar-refractivity contribution in [2.75, 3.05) is 21.1 Å². The van der Waals surface area contributed by atoms with Crippen LogP contribution < -0.4 is 28.5 Å². The standard InChI is InChI=1S/C17H18N3.HI/c1-20(2,3)17-10-8-16(9-11-17)19-13-15-6-4-14(12-18)5-7-15;/h4-11,13H,1-3H3;1H/q+1;/p-1. The van der Waals surface area contributed by atoms with Crippen LogP contribution in [0.5, 0.6) is 0 Å². The number of hydrogen-bond acceptors (Lipinski definition) is 2. The molecule has 0 saturated carbocycles. The van der Waals surface area contributed by atoms with Gasteiger partial charge >= 0.3 is 0 Å². The van der Waals surface area contributed by atoms with Crippen molar-refractivity contribution in [2.24, 2.45) is 4.99 Å². The quantitative estimate of drug-likeness (QED) is 0.427. The molecule has 0 amide bonds. The molecule has 0 atom stereocenters. The fraction of sp³-hybridized carbons (Fsp3) is 0.176. The van der Waals surface area contributed by atoms with E-state index < -0.39 is 0 Å². The van der Waals surface area contributed by atoms with Crippen LogP contribution in [0.2, 0.25) is 0 Å². The average Bonchev–Trinajstić information content (AvgIpc) is 2.45. The fourth-order valence-corrected chi connectivity index (χ4v) is 1.78. The molecule has 0 aliphatic carbocycles. The third-order valence-corrected chi connectivity index (χ3v) is 3.03. The SMILES string of the molecule is C[N+](C)(C)c1ccc(N=Cc2ccc(C#N)cc2)cc1.[I-]. The van der Waals surface area contributed by atoms with E-state index in [4.69, 9.17) is 5.26 Å². The van der Waals surface area contributed by atoms with Crippen LogP contribution in [0, 0.1) is 11.3 Å². The Balaban J connectivity index is 0.00000220. The van der Waals surface area contributed by atoms with E-state index in [0.29, 0.717) is 5.56 Å². The summed E-state index contributed by atoms with van der Waals surface area (Å²) in [6, 6.07) is 17.7. The van der Waals surface area contributed by atoms with E-state index in [2.05, 4.69) is 44.3 Å². The largest absolute Gasteiger partial charge is 1.00 e. The van der Waals surface area contributed by atoms with Gasteiger partial charge in [-0.2, -0.15) is 5.26 Å². The van der Waals surface area contributed by atoms with Gasteiger partial charge < -0.3 is 24.0 Å². The number of benzene rings is 2. The first-order chi connectivity index (χ1) is 9.49. The minimum Gasteiger partial charge on any atom is -1.00 e. The monoisotopic (exact) mass is 391 g/mol. The molecule has 0 aliphatic heterocycles. The van der Waals surface area contributed by atoms with Crippen molar-refractivity contribution in [1.29, 1.82) is 5.26 Å². The number of halogens is 1. The Bertz CT molecular complexity index is 644. The van der Waals surface area contributed by atoms with Gasteiger partial charge in [0.1, 0.15) is 5.69 Å². The maximum Gasteiger partial charge on any atom is 0.132 e. The molecule has 2 aromatic rings. The topological polar surface area (TPSA) is 36.1 Å². The molecule has 0 fully saturated rings. The average molecular weight is 391 g/mol. The number of nitriles is 1. The van der Waals surface area contributed by atoms with Gasteiger partial charge in [-0.1, -0.05) is 12.1 Å². The van der Waals surface area contributed by atoms with Gasteiger partial charge in [0, 0.05) is 18.3 Å². The van der Waals surface area contributed by atoms with E-state index in [-0.39, 0.29) is 24.0 Å². The second kappa shape index (κ2) is 7.34. The molecule has 0 unspecified atom stereocenters. The summed E-state index contributed by atoms with van der Waals surface area (Å²) in [6.45, 7) is 0. The Morgan fingerprint density at radius 1 is 0.952 bits per heavy atom. The lowest BCUT2D eigenvalue weighted by molar-refractivity contribution is -0.00000454. The highest BCUT2D eigenvalue weighted by atomic mass is 127. The van der Waals surface area contributed by atoms with Crippen LogP contribution in [0.3, 0.4) is 0 Å². The van der Waals surface area contributed by atoms with Crippen molar-refractivity contribution in [3.8, 4) is 6.07 Å². The Kier molecular flexibility index (Phi) is 6.06. The smallest absolute Gasteiger partial charge is 0.132 e. The molecular formula is C17H18IN3. The van der Waals surface area contributed by atoms with E-state index in [1.807, 2.05) is 30.5 Å². The van der Waals surface area contributed by atoms with Crippen LogP contribution >= 0.6 is 0 Å². The zero-order valence-electron chi connectivity index (χ0n) is 12.4. The maximum absolute atomic E-state index is 8.74. The molecule has 0 bridgehead atoms. The Morgan fingerprint density at radius 3 is 2.00 bits per heavy atom. The molecule has 0 N–H and O–H groups in total. The molecule has 2 rings (SSSR count). The Labute approximate surface area is 143 Å². The molecule has 0 spiro atoms. The van der Waals surface area contributed by atoms with Gasteiger partial charge in [-0.3, -0.25) is 9.48 Å². The number of rotatable bonds is 3. The van der Waals surface area contributed by atoms with Gasteiger partial charge in [0.2, 0.25) is 0 Å². The van der Waals surface area contributed by atoms with E-state index in [1.165, 1.54) is 5.69 Å². The van der Waals surface area contributed by atoms with Gasteiger partial charge in [-0.15, -0.1) is 0 Å². The second-order valence-corrected chi connectivity index (χ2v) is 5.52. The van der Waals surface area contributed by atoms with Crippen LogP contribution in [0.15, 0.2) is 53.5 Å². The van der Waals surface area contributed by atoms with E-state index >= 15 is 0 Å². The molecular weight excluding hydrogens is 373 g/mol. The van der Waals surface area contributed by atoms with Crippen LogP contribution in [-0.4, -0.2) is 27.4 Å². The fourth-order valence-electron chi connectivity index (χ4n) is 1.78. The summed E-state index contributed by atoms with van der Waals surface area (Å²) in [5, 5.41) is 8.74. The molecule has 0 heterocycles. The molecule has 0 aromatic heterocycles. The van der Waals surface area contributed by atoms with Gasteiger partial charge in [0.15, 0.2) is 0 Å². The second-order valence-electron chi connectivity index (χ2n) is 5.52. The summed E-state index contributed by atoms with van der Waals surface area (Å²) in [6.07, 6.45) is 1.81. The molecule has 0 aliphatic rings. The number of quaternary nitrogens is 1. The van der Waals surface area contributed by atoms with E-state index in [0.717, 1.165) is 15.7 Å². The highest BCUT2D eigenvalue weighted by Gasteiger charge is 2.10. The van der Waals surface area contributed by atoms with Crippen LogP contribution in [-0.2, 0) is 0 Å². The normalized spacial score (nSPS) is 11.0. The van der Waals surface area contributed by atoms with Crippen molar-refractivity contribution in [3.05, 3.63) is 59.7 Å². The summed E-state index contributed by atoms with van der Waals surface area (Å²) in [7, 11) is 6.40. The van der Waals surface area contributed by atoms with Crippen LogP contribution in [0.4, 0.5) is 11.4 Å². The third-order valence-electron chi connectivity index (χ3n) is 3.03. The molecule has 0 radical (unpaired) electrons. The first kappa shape index (κ1) is 17.3. The van der Waals surface area contributed by atoms with Crippen molar-refractivity contribution < 1.29 is 24.0 Å². The zero-order chi connectivity index (χ0) is 14.6. The Hall–Kier alpha value is -1.71. The lowest BCUT2D eigenvalue weighted by Crippen LogP contribution is -3.00. The summed E-state index contributed by atoms with van der Waals surface area (Å²) in [5.74, 6) is 0. The highest BCUT2D eigenvalue weighted by molar-refractivity contribution is 5.82. The third kappa shape index (κ3) is 4.96. The van der Waals surface area contributed by atoms with Crippen LogP contribution in [0.25, 0.3) is 0 Å². The lowest BCUT2D eigenvalue weighted by atomic mass is 10.2. The number of aliphatic imine (C=N–C) groups is 1. The first-order valence-corrected chi connectivity index (χ1v) is 6.45. The molecule has 108 valence electrons. The molecule has 0 saturated heterocycles. The van der Waals surface area contributed by atoms with E-state index in [9.17, 15) is 0 Å².